The molecule has 3 rings (SSSR count). The lowest BCUT2D eigenvalue weighted by Gasteiger charge is -2.37. The van der Waals surface area contributed by atoms with Crippen LogP contribution in [0.25, 0.3) is 0 Å². The van der Waals surface area contributed by atoms with Gasteiger partial charge in [0.2, 0.25) is 20.0 Å². The predicted octanol–water partition coefficient (Wildman–Crippen LogP) is 2.68. The Kier molecular flexibility index (Phi) is 7.86. The summed E-state index contributed by atoms with van der Waals surface area (Å²) in [7, 11) is -6.63. The number of nitrogens with zero attached hydrogens (tertiary/aromatic N) is 2. The highest BCUT2D eigenvalue weighted by atomic mass is 79.9. The summed E-state index contributed by atoms with van der Waals surface area (Å²) in [5, 5.41) is 9.66. The lowest BCUT2D eigenvalue weighted by Crippen LogP contribution is -2.50. The molecule has 2 aromatic rings. The van der Waals surface area contributed by atoms with Gasteiger partial charge in [0.15, 0.2) is 0 Å². The predicted molar refractivity (Wildman–Crippen MR) is 124 cm³/mol. The van der Waals surface area contributed by atoms with Gasteiger partial charge in [0.25, 0.3) is 0 Å². The second-order valence-electron chi connectivity index (χ2n) is 8.07. The Morgan fingerprint density at radius 1 is 1.30 bits per heavy atom. The highest BCUT2D eigenvalue weighted by molar-refractivity contribution is 9.10. The lowest BCUT2D eigenvalue weighted by molar-refractivity contribution is 0.0904. The van der Waals surface area contributed by atoms with Crippen LogP contribution in [0.2, 0.25) is 0 Å². The van der Waals surface area contributed by atoms with Crippen LogP contribution in [0, 0.1) is 11.7 Å². The number of likely N-dealkylation sites (N-methyl/N-ethyl adjacent to an activating group) is 1. The van der Waals surface area contributed by atoms with Crippen LogP contribution in [0.5, 0.6) is 5.75 Å². The lowest BCUT2D eigenvalue weighted by atomic mass is 10.0. The number of hydrogen-bond acceptors (Lipinski definition) is 6. The molecule has 0 amide bonds. The maximum atomic E-state index is 13.6. The normalized spacial score (nSPS) is 22.2. The minimum Gasteiger partial charge on any atom is -0.487 e. The highest BCUT2D eigenvalue weighted by Gasteiger charge is 2.39. The van der Waals surface area contributed by atoms with Gasteiger partial charge >= 0.3 is 0 Å². The molecule has 0 saturated heterocycles. The molecule has 1 N–H and O–H groups in total. The van der Waals surface area contributed by atoms with E-state index in [1.54, 1.807) is 19.9 Å². The molecule has 0 radical (unpaired) electrons. The number of aliphatic hydroxyl groups is 1. The zero-order valence-electron chi connectivity index (χ0n) is 18.4. The third-order valence-electron chi connectivity index (χ3n) is 5.57. The molecule has 8 nitrogen and oxygen atoms in total. The van der Waals surface area contributed by atoms with Gasteiger partial charge in [-0.3, -0.25) is 0 Å². The molecule has 0 unspecified atom stereocenters. The fraction of sp³-hybridized carbons (Fsp3) is 0.429. The van der Waals surface area contributed by atoms with Crippen molar-refractivity contribution in [3.63, 3.8) is 0 Å². The Hall–Kier alpha value is -1.57. The second-order valence-corrected chi connectivity index (χ2v) is 12.9. The van der Waals surface area contributed by atoms with E-state index in [1.807, 2.05) is 0 Å². The van der Waals surface area contributed by atoms with Crippen LogP contribution in [-0.4, -0.2) is 69.4 Å². The van der Waals surface area contributed by atoms with Gasteiger partial charge in [-0.2, -0.15) is 8.61 Å². The molecule has 2 aromatic carbocycles. The van der Waals surface area contributed by atoms with E-state index in [1.165, 1.54) is 35.6 Å². The van der Waals surface area contributed by atoms with Crippen molar-refractivity contribution < 1.29 is 31.1 Å². The molecule has 0 aliphatic carbocycles. The van der Waals surface area contributed by atoms with Crippen molar-refractivity contribution in [1.82, 2.24) is 8.61 Å². The van der Waals surface area contributed by atoms with Crippen molar-refractivity contribution >= 4 is 36.0 Å². The Labute approximate surface area is 202 Å². The van der Waals surface area contributed by atoms with Gasteiger partial charge in [-0.05, 0) is 43.3 Å². The first-order chi connectivity index (χ1) is 15.4. The molecule has 1 heterocycles. The maximum absolute atomic E-state index is 13.6. The van der Waals surface area contributed by atoms with E-state index in [0.717, 1.165) is 16.4 Å². The summed E-state index contributed by atoms with van der Waals surface area (Å²) in [5.74, 6) is -1.03. The Morgan fingerprint density at radius 3 is 2.64 bits per heavy atom. The number of rotatable bonds is 6. The largest absolute Gasteiger partial charge is 0.487 e. The first kappa shape index (κ1) is 26.0. The van der Waals surface area contributed by atoms with E-state index >= 15 is 0 Å². The van der Waals surface area contributed by atoms with Crippen LogP contribution in [0.1, 0.15) is 13.8 Å². The Morgan fingerprint density at radius 2 is 2.00 bits per heavy atom. The number of fused-ring (bicyclic) bond motifs is 1. The quantitative estimate of drug-likeness (QED) is 0.578. The van der Waals surface area contributed by atoms with E-state index < -0.39 is 43.9 Å². The number of halogens is 2. The molecule has 0 bridgehead atoms. The molecule has 33 heavy (non-hydrogen) atoms. The molecule has 0 saturated carbocycles. The topological polar surface area (TPSA) is 104 Å². The zero-order chi connectivity index (χ0) is 24.6. The summed E-state index contributed by atoms with van der Waals surface area (Å²) in [5.41, 5.74) is 0. The summed E-state index contributed by atoms with van der Waals surface area (Å²) in [6.07, 6.45) is -0.727. The van der Waals surface area contributed by atoms with Gasteiger partial charge in [-0.25, -0.2) is 21.2 Å². The van der Waals surface area contributed by atoms with Crippen molar-refractivity contribution in [3.8, 4) is 5.75 Å². The van der Waals surface area contributed by atoms with Gasteiger partial charge in [-0.1, -0.05) is 28.9 Å². The Balaban J connectivity index is 2.01. The van der Waals surface area contributed by atoms with Crippen LogP contribution in [0.4, 0.5) is 4.39 Å². The number of benzene rings is 2. The summed E-state index contributed by atoms with van der Waals surface area (Å²) in [6, 6.07) is 8.53. The number of hydrogen-bond donors (Lipinski definition) is 1. The minimum absolute atomic E-state index is 0.0120. The van der Waals surface area contributed by atoms with Crippen molar-refractivity contribution in [2.75, 3.05) is 26.7 Å². The molecule has 1 aliphatic heterocycles. The average Bonchev–Trinajstić information content (AvgIpc) is 2.75. The molecule has 12 heteroatoms. The molecule has 0 spiro atoms. The molecule has 182 valence electrons. The van der Waals surface area contributed by atoms with E-state index in [-0.39, 0.29) is 35.2 Å². The second kappa shape index (κ2) is 9.96. The summed E-state index contributed by atoms with van der Waals surface area (Å²) in [6.45, 7) is 2.88. The monoisotopic (exact) mass is 564 g/mol. The van der Waals surface area contributed by atoms with Crippen LogP contribution in [0.3, 0.4) is 0 Å². The van der Waals surface area contributed by atoms with Crippen molar-refractivity contribution in [2.24, 2.45) is 5.92 Å². The number of aliphatic hydroxyl groups excluding tert-OH is 1. The van der Waals surface area contributed by atoms with Crippen molar-refractivity contribution in [3.05, 3.63) is 52.8 Å². The van der Waals surface area contributed by atoms with Crippen LogP contribution >= 0.6 is 15.9 Å². The van der Waals surface area contributed by atoms with E-state index in [9.17, 15) is 26.3 Å². The van der Waals surface area contributed by atoms with Crippen LogP contribution < -0.4 is 4.74 Å². The molecular formula is C21H26BrFN2O6S2. The first-order valence-corrected chi connectivity index (χ1v) is 13.9. The molecule has 1 aliphatic rings. The summed E-state index contributed by atoms with van der Waals surface area (Å²) >= 11 is 3.32. The smallest absolute Gasteiger partial charge is 0.247 e. The number of ether oxygens (including phenoxy) is 1. The molecule has 0 aromatic heterocycles. The molecule has 0 fully saturated rings. The van der Waals surface area contributed by atoms with Gasteiger partial charge in [-0.15, -0.1) is 0 Å². The summed E-state index contributed by atoms with van der Waals surface area (Å²) < 4.78 is 75.2. The Bertz CT molecular complexity index is 1230. The standard InChI is InChI=1S/C21H26BrFN2O6S2/c1-14-11-25(15(2)13-26)33(29,30)21-8-7-16(22)9-19(21)31-20(14)12-24(3)32(27,28)18-6-4-5-17(23)10-18/h4-10,14-15,20,26H,11-13H2,1-3H3/t14-,15+,20-/m0/s1. The van der Waals surface area contributed by atoms with Gasteiger partial charge in [0, 0.05) is 30.0 Å². The van der Waals surface area contributed by atoms with E-state index in [0.29, 0.717) is 4.47 Å². The SMILES string of the molecule is C[C@H](CO)N1C[C@H](C)[C@H](CN(C)S(=O)(=O)c2cccc(F)c2)Oc2cc(Br)ccc2S1(=O)=O. The first-order valence-electron chi connectivity index (χ1n) is 10.2. The van der Waals surface area contributed by atoms with Crippen LogP contribution in [-0.2, 0) is 20.0 Å². The third kappa shape index (κ3) is 5.41. The van der Waals surface area contributed by atoms with E-state index in [4.69, 9.17) is 4.74 Å². The summed E-state index contributed by atoms with van der Waals surface area (Å²) in [4.78, 5) is -0.261. The number of sulfonamides is 2. The molecule has 3 atom stereocenters. The minimum atomic E-state index is -4.02. The zero-order valence-corrected chi connectivity index (χ0v) is 21.6. The van der Waals surface area contributed by atoms with Gasteiger partial charge in [0.05, 0.1) is 18.0 Å². The fourth-order valence-electron chi connectivity index (χ4n) is 3.58. The van der Waals surface area contributed by atoms with Crippen molar-refractivity contribution in [1.29, 1.82) is 0 Å². The highest BCUT2D eigenvalue weighted by Crippen LogP contribution is 2.35. The van der Waals surface area contributed by atoms with E-state index in [2.05, 4.69) is 15.9 Å². The van der Waals surface area contributed by atoms with Gasteiger partial charge in [0.1, 0.15) is 22.6 Å². The van der Waals surface area contributed by atoms with Crippen molar-refractivity contribution in [2.45, 2.75) is 35.8 Å². The van der Waals surface area contributed by atoms with Gasteiger partial charge < -0.3 is 9.84 Å². The third-order valence-corrected chi connectivity index (χ3v) is 9.90. The maximum Gasteiger partial charge on any atom is 0.247 e. The van der Waals surface area contributed by atoms with Crippen LogP contribution in [0.15, 0.2) is 56.7 Å². The molecular weight excluding hydrogens is 539 g/mol. The average molecular weight is 565 g/mol. The fourth-order valence-corrected chi connectivity index (χ4v) is 6.96.